The number of amides is 1. The van der Waals surface area contributed by atoms with Crippen molar-refractivity contribution in [1.29, 1.82) is 0 Å². The summed E-state index contributed by atoms with van der Waals surface area (Å²) in [5, 5.41) is 10.9. The maximum atomic E-state index is 12.6. The van der Waals surface area contributed by atoms with Crippen LogP contribution in [0.25, 0.3) is 0 Å². The molecule has 8 nitrogen and oxygen atoms in total. The van der Waals surface area contributed by atoms with E-state index in [1.807, 2.05) is 0 Å². The first-order valence-electron chi connectivity index (χ1n) is 6.63. The fourth-order valence-corrected chi connectivity index (χ4v) is 2.13. The Labute approximate surface area is 122 Å². The molecule has 0 bridgehead atoms. The molecule has 0 aromatic heterocycles. The predicted octanol–water partition coefficient (Wildman–Crippen LogP) is 1.13. The lowest BCUT2D eigenvalue weighted by atomic mass is 10.1. The number of nitrogens with two attached hydrogens (primary N) is 1. The Morgan fingerprint density at radius 3 is 2.81 bits per heavy atom. The number of methoxy groups -OCH3 is 1. The van der Waals surface area contributed by atoms with E-state index in [0.29, 0.717) is 18.8 Å². The maximum absolute atomic E-state index is 12.6. The summed E-state index contributed by atoms with van der Waals surface area (Å²) in [6.45, 7) is 0.870. The first-order chi connectivity index (χ1) is 10.1. The minimum absolute atomic E-state index is 0.139. The zero-order valence-electron chi connectivity index (χ0n) is 11.7. The smallest absolute Gasteiger partial charge is 0.270 e. The van der Waals surface area contributed by atoms with Gasteiger partial charge in [-0.2, -0.15) is 0 Å². The number of nitro groups is 1. The van der Waals surface area contributed by atoms with Gasteiger partial charge in [0.25, 0.3) is 11.6 Å². The van der Waals surface area contributed by atoms with E-state index < -0.39 is 4.92 Å². The number of ether oxygens (including phenoxy) is 1. The first-order valence-corrected chi connectivity index (χ1v) is 6.63. The molecular formula is C13H18N4O4. The van der Waals surface area contributed by atoms with Gasteiger partial charge in [-0.25, -0.2) is 0 Å². The third-order valence-electron chi connectivity index (χ3n) is 3.38. The van der Waals surface area contributed by atoms with Crippen LogP contribution in [0.3, 0.4) is 0 Å². The van der Waals surface area contributed by atoms with Gasteiger partial charge in [0, 0.05) is 31.8 Å². The van der Waals surface area contributed by atoms with Gasteiger partial charge in [-0.05, 0) is 18.9 Å². The monoisotopic (exact) mass is 294 g/mol. The number of hydrogen-bond acceptors (Lipinski definition) is 6. The van der Waals surface area contributed by atoms with Crippen molar-refractivity contribution in [2.75, 3.05) is 25.7 Å². The second-order valence-electron chi connectivity index (χ2n) is 4.85. The van der Waals surface area contributed by atoms with Crippen molar-refractivity contribution < 1.29 is 14.5 Å². The molecule has 0 unspecified atom stereocenters. The predicted molar refractivity (Wildman–Crippen MR) is 76.8 cm³/mol. The molecule has 1 aliphatic carbocycles. The van der Waals surface area contributed by atoms with Gasteiger partial charge < -0.3 is 15.1 Å². The number of non-ortho nitro benzene ring substituents is 1. The molecule has 21 heavy (non-hydrogen) atoms. The van der Waals surface area contributed by atoms with Gasteiger partial charge in [0.2, 0.25) is 0 Å². The van der Waals surface area contributed by atoms with Crippen LogP contribution < -0.4 is 11.3 Å². The van der Waals surface area contributed by atoms with Crippen LogP contribution in [0, 0.1) is 10.1 Å². The molecule has 0 heterocycles. The number of nitrogens with one attached hydrogen (secondary N) is 1. The van der Waals surface area contributed by atoms with E-state index in [9.17, 15) is 14.9 Å². The lowest BCUT2D eigenvalue weighted by molar-refractivity contribution is -0.384. The molecule has 0 radical (unpaired) electrons. The van der Waals surface area contributed by atoms with Gasteiger partial charge in [-0.15, -0.1) is 0 Å². The van der Waals surface area contributed by atoms with Crippen LogP contribution in [0.1, 0.15) is 23.2 Å². The molecule has 1 aromatic carbocycles. The van der Waals surface area contributed by atoms with Crippen LogP contribution in [-0.2, 0) is 4.74 Å². The minimum atomic E-state index is -0.534. The van der Waals surface area contributed by atoms with Crippen LogP contribution in [0.4, 0.5) is 11.4 Å². The van der Waals surface area contributed by atoms with Gasteiger partial charge >= 0.3 is 0 Å². The number of nitro benzene ring substituents is 1. The van der Waals surface area contributed by atoms with Crippen molar-refractivity contribution in [2.45, 2.75) is 18.9 Å². The molecule has 114 valence electrons. The van der Waals surface area contributed by atoms with E-state index in [2.05, 4.69) is 5.43 Å². The van der Waals surface area contributed by atoms with E-state index in [1.54, 1.807) is 12.0 Å². The second kappa shape index (κ2) is 6.51. The quantitative estimate of drug-likeness (QED) is 0.443. The number of carbonyl (C=O) groups is 1. The largest absolute Gasteiger partial charge is 0.383 e. The van der Waals surface area contributed by atoms with E-state index in [-0.39, 0.29) is 23.2 Å². The van der Waals surface area contributed by atoms with Crippen molar-refractivity contribution in [3.63, 3.8) is 0 Å². The molecule has 0 aliphatic heterocycles. The molecule has 1 aromatic rings. The summed E-state index contributed by atoms with van der Waals surface area (Å²) in [5.74, 6) is 5.12. The molecule has 0 saturated heterocycles. The number of anilines is 1. The lowest BCUT2D eigenvalue weighted by Gasteiger charge is -2.23. The first kappa shape index (κ1) is 15.2. The van der Waals surface area contributed by atoms with Crippen molar-refractivity contribution in [3.8, 4) is 0 Å². The summed E-state index contributed by atoms with van der Waals surface area (Å²) in [6.07, 6.45) is 1.88. The lowest BCUT2D eigenvalue weighted by Crippen LogP contribution is -2.36. The molecule has 3 N–H and O–H groups in total. The summed E-state index contributed by atoms with van der Waals surface area (Å²) in [4.78, 5) is 24.7. The number of hydrogen-bond donors (Lipinski definition) is 2. The summed E-state index contributed by atoms with van der Waals surface area (Å²) >= 11 is 0. The number of carbonyl (C=O) groups excluding carboxylic acids is 1. The fraction of sp³-hybridized carbons (Fsp3) is 0.462. The van der Waals surface area contributed by atoms with Crippen LogP contribution in [0.15, 0.2) is 18.2 Å². The standard InChI is InChI=1S/C13H18N4O4/c1-21-7-6-16(9-2-3-9)13(18)11-8-10(17(19)20)4-5-12(11)15-14/h4-5,8-9,15H,2-3,6-7,14H2,1H3. The average molecular weight is 294 g/mol. The minimum Gasteiger partial charge on any atom is -0.383 e. The van der Waals surface area contributed by atoms with Crippen LogP contribution in [0.2, 0.25) is 0 Å². The van der Waals surface area contributed by atoms with Crippen LogP contribution >= 0.6 is 0 Å². The van der Waals surface area contributed by atoms with Crippen molar-refractivity contribution in [3.05, 3.63) is 33.9 Å². The summed E-state index contributed by atoms with van der Waals surface area (Å²) in [5.41, 5.74) is 2.85. The zero-order chi connectivity index (χ0) is 15.4. The highest BCUT2D eigenvalue weighted by molar-refractivity contribution is 6.00. The van der Waals surface area contributed by atoms with Gasteiger partial charge in [0.1, 0.15) is 0 Å². The van der Waals surface area contributed by atoms with E-state index in [0.717, 1.165) is 12.8 Å². The number of rotatable bonds is 7. The molecule has 0 atom stereocenters. The SMILES string of the molecule is COCCN(C(=O)c1cc([N+](=O)[O-])ccc1NN)C1CC1. The normalized spacial score (nSPS) is 13.8. The molecular weight excluding hydrogens is 276 g/mol. The third kappa shape index (κ3) is 3.47. The van der Waals surface area contributed by atoms with Gasteiger partial charge in [0.15, 0.2) is 0 Å². The topological polar surface area (TPSA) is 111 Å². The van der Waals surface area contributed by atoms with Crippen LogP contribution in [0.5, 0.6) is 0 Å². The Hall–Kier alpha value is -2.19. The molecule has 1 amide bonds. The van der Waals surface area contributed by atoms with E-state index >= 15 is 0 Å². The van der Waals surface area contributed by atoms with E-state index in [4.69, 9.17) is 10.6 Å². The number of nitrogens with zero attached hydrogens (tertiary/aromatic N) is 2. The summed E-state index contributed by atoms with van der Waals surface area (Å²) in [7, 11) is 1.57. The fourth-order valence-electron chi connectivity index (χ4n) is 2.13. The molecule has 8 heteroatoms. The number of nitrogen functional groups attached to an aromatic ring is 1. The van der Waals surface area contributed by atoms with Gasteiger partial charge in [0.05, 0.1) is 22.8 Å². The van der Waals surface area contributed by atoms with Gasteiger partial charge in [-0.3, -0.25) is 20.8 Å². The third-order valence-corrected chi connectivity index (χ3v) is 3.38. The highest BCUT2D eigenvalue weighted by Gasteiger charge is 2.34. The maximum Gasteiger partial charge on any atom is 0.270 e. The van der Waals surface area contributed by atoms with Gasteiger partial charge in [-0.1, -0.05) is 0 Å². The Morgan fingerprint density at radius 2 is 2.29 bits per heavy atom. The van der Waals surface area contributed by atoms with Crippen LogP contribution in [-0.4, -0.2) is 42.0 Å². The summed E-state index contributed by atoms with van der Waals surface area (Å²) in [6, 6.07) is 4.17. The highest BCUT2D eigenvalue weighted by Crippen LogP contribution is 2.30. The molecule has 1 saturated carbocycles. The Balaban J connectivity index is 2.30. The molecule has 1 aliphatic rings. The Morgan fingerprint density at radius 1 is 1.57 bits per heavy atom. The summed E-state index contributed by atoms with van der Waals surface area (Å²) < 4.78 is 5.01. The van der Waals surface area contributed by atoms with Crippen molar-refractivity contribution >= 4 is 17.3 Å². The Bertz CT molecular complexity index is 545. The number of hydrazine groups is 1. The average Bonchev–Trinajstić information content (AvgIpc) is 3.31. The molecule has 0 spiro atoms. The second-order valence-corrected chi connectivity index (χ2v) is 4.85. The zero-order valence-corrected chi connectivity index (χ0v) is 11.7. The van der Waals surface area contributed by atoms with E-state index in [1.165, 1.54) is 18.2 Å². The molecule has 1 fully saturated rings. The highest BCUT2D eigenvalue weighted by atomic mass is 16.6. The molecule has 2 rings (SSSR count). The Kier molecular flexibility index (Phi) is 4.71. The van der Waals surface area contributed by atoms with Crippen molar-refractivity contribution in [1.82, 2.24) is 4.90 Å². The number of benzene rings is 1. The van der Waals surface area contributed by atoms with Crippen molar-refractivity contribution in [2.24, 2.45) is 5.84 Å².